The molecule has 0 amide bonds. The van der Waals surface area contributed by atoms with E-state index in [4.69, 9.17) is 4.74 Å². The van der Waals surface area contributed by atoms with Crippen molar-refractivity contribution in [3.05, 3.63) is 89.7 Å². The largest absolute Gasteiger partial charge is 0.416 e. The van der Waals surface area contributed by atoms with Crippen molar-refractivity contribution in [1.82, 2.24) is 9.47 Å². The van der Waals surface area contributed by atoms with Gasteiger partial charge < -0.3 is 9.30 Å². The Morgan fingerprint density at radius 1 is 0.963 bits per heavy atom. The maximum absolute atomic E-state index is 12.7. The summed E-state index contributed by atoms with van der Waals surface area (Å²) in [5, 5.41) is 0. The minimum Gasteiger partial charge on any atom is -0.357 e. The summed E-state index contributed by atoms with van der Waals surface area (Å²) < 4.78 is 45.9. The Balaban J connectivity index is 1.51. The third kappa shape index (κ3) is 3.91. The van der Waals surface area contributed by atoms with Gasteiger partial charge in [-0.05, 0) is 35.9 Å². The van der Waals surface area contributed by atoms with Crippen molar-refractivity contribution >= 4 is 0 Å². The number of halogens is 3. The fourth-order valence-electron chi connectivity index (χ4n) is 3.33. The van der Waals surface area contributed by atoms with Crippen molar-refractivity contribution < 1.29 is 17.9 Å². The van der Waals surface area contributed by atoms with Crippen LogP contribution in [0, 0.1) is 0 Å². The number of hydrogen-bond acceptors (Lipinski definition) is 2. The monoisotopic (exact) mass is 372 g/mol. The van der Waals surface area contributed by atoms with Crippen LogP contribution in [0.25, 0.3) is 5.69 Å². The first-order chi connectivity index (χ1) is 13.0. The zero-order valence-corrected chi connectivity index (χ0v) is 14.6. The topological polar surface area (TPSA) is 17.4 Å². The molecule has 1 saturated heterocycles. The Labute approximate surface area is 155 Å². The average molecular weight is 372 g/mol. The zero-order valence-electron chi connectivity index (χ0n) is 14.6. The first kappa shape index (κ1) is 17.8. The van der Waals surface area contributed by atoms with Crippen molar-refractivity contribution in [2.75, 3.05) is 13.2 Å². The van der Waals surface area contributed by atoms with Gasteiger partial charge in [-0.3, -0.25) is 4.90 Å². The highest BCUT2D eigenvalue weighted by molar-refractivity contribution is 5.37. The lowest BCUT2D eigenvalue weighted by atomic mass is 10.2. The molecule has 2 heterocycles. The Bertz CT molecular complexity index is 888. The Morgan fingerprint density at radius 3 is 2.41 bits per heavy atom. The summed E-state index contributed by atoms with van der Waals surface area (Å²) in [6.07, 6.45) is -0.715. The second-order valence-electron chi connectivity index (χ2n) is 6.58. The fraction of sp³-hybridized carbons (Fsp3) is 0.238. The van der Waals surface area contributed by atoms with Gasteiger partial charge in [-0.1, -0.05) is 30.3 Å². The number of aromatic nitrogens is 1. The Morgan fingerprint density at radius 2 is 1.70 bits per heavy atom. The number of hydrogen-bond donors (Lipinski definition) is 0. The molecule has 140 valence electrons. The smallest absolute Gasteiger partial charge is 0.357 e. The number of ether oxygens (including phenoxy) is 1. The predicted molar refractivity (Wildman–Crippen MR) is 96.3 cm³/mol. The third-order valence-electron chi connectivity index (χ3n) is 4.71. The molecule has 0 bridgehead atoms. The maximum atomic E-state index is 12.7. The van der Waals surface area contributed by atoms with Crippen LogP contribution in [0.2, 0.25) is 0 Å². The van der Waals surface area contributed by atoms with Crippen molar-refractivity contribution in [1.29, 1.82) is 0 Å². The Kier molecular flexibility index (Phi) is 4.76. The van der Waals surface area contributed by atoms with E-state index >= 15 is 0 Å². The molecule has 6 heteroatoms. The van der Waals surface area contributed by atoms with E-state index in [1.54, 1.807) is 0 Å². The van der Waals surface area contributed by atoms with Crippen LogP contribution in [0.1, 0.15) is 22.9 Å². The van der Waals surface area contributed by atoms with Gasteiger partial charge in [-0.25, -0.2) is 0 Å². The van der Waals surface area contributed by atoms with Crippen molar-refractivity contribution in [3.8, 4) is 5.69 Å². The number of rotatable bonds is 4. The molecule has 0 N–H and O–H groups in total. The molecule has 0 aliphatic carbocycles. The summed E-state index contributed by atoms with van der Waals surface area (Å²) in [4.78, 5) is 2.25. The second-order valence-corrected chi connectivity index (χ2v) is 6.58. The van der Waals surface area contributed by atoms with Gasteiger partial charge in [-0.15, -0.1) is 0 Å². The van der Waals surface area contributed by atoms with E-state index in [1.165, 1.54) is 17.7 Å². The highest BCUT2D eigenvalue weighted by atomic mass is 19.4. The van der Waals surface area contributed by atoms with Crippen LogP contribution in [-0.2, 0) is 17.5 Å². The van der Waals surface area contributed by atoms with E-state index in [9.17, 15) is 13.2 Å². The van der Waals surface area contributed by atoms with Gasteiger partial charge in [0.05, 0.1) is 12.2 Å². The molecular formula is C21H19F3N2O. The van der Waals surface area contributed by atoms with Crippen LogP contribution < -0.4 is 0 Å². The molecule has 0 radical (unpaired) electrons. The fourth-order valence-corrected chi connectivity index (χ4v) is 3.33. The van der Waals surface area contributed by atoms with E-state index in [-0.39, 0.29) is 6.23 Å². The zero-order chi connectivity index (χ0) is 18.9. The summed E-state index contributed by atoms with van der Waals surface area (Å²) in [5.74, 6) is 0. The van der Waals surface area contributed by atoms with E-state index < -0.39 is 11.7 Å². The molecule has 0 spiro atoms. The molecule has 1 fully saturated rings. The van der Waals surface area contributed by atoms with E-state index in [2.05, 4.69) is 17.0 Å². The molecule has 0 unspecified atom stereocenters. The minimum atomic E-state index is -4.32. The van der Waals surface area contributed by atoms with Crippen molar-refractivity contribution in [2.24, 2.45) is 0 Å². The first-order valence-corrected chi connectivity index (χ1v) is 8.76. The van der Waals surface area contributed by atoms with Crippen LogP contribution in [-0.4, -0.2) is 22.6 Å². The lowest BCUT2D eigenvalue weighted by Crippen LogP contribution is -2.23. The molecule has 3 nitrogen and oxygen atoms in total. The van der Waals surface area contributed by atoms with Crippen molar-refractivity contribution in [2.45, 2.75) is 18.9 Å². The minimum absolute atomic E-state index is 0.152. The predicted octanol–water partition coefficient (Wildman–Crippen LogP) is 5.03. The summed E-state index contributed by atoms with van der Waals surface area (Å²) in [5.41, 5.74) is 2.24. The summed E-state index contributed by atoms with van der Waals surface area (Å²) in [7, 11) is 0. The summed E-state index contributed by atoms with van der Waals surface area (Å²) in [6.45, 7) is 2.28. The van der Waals surface area contributed by atoms with Gasteiger partial charge in [-0.2, -0.15) is 13.2 Å². The van der Waals surface area contributed by atoms with Crippen LogP contribution in [0.4, 0.5) is 13.2 Å². The lowest BCUT2D eigenvalue weighted by Gasteiger charge is -2.22. The standard InChI is InChI=1S/C21H19F3N2O/c22-21(23,24)18-6-8-19(9-7-18)25-11-10-17(15-25)20-26(12-13-27-20)14-16-4-2-1-3-5-16/h1-11,15,20H,12-14H2/t20-/m1/s1. The van der Waals surface area contributed by atoms with Gasteiger partial charge in [0.15, 0.2) is 0 Å². The van der Waals surface area contributed by atoms with E-state index in [1.807, 2.05) is 41.2 Å². The molecule has 1 aromatic heterocycles. The van der Waals surface area contributed by atoms with Gasteiger partial charge in [0.2, 0.25) is 0 Å². The van der Waals surface area contributed by atoms with Crippen LogP contribution in [0.3, 0.4) is 0 Å². The average Bonchev–Trinajstić information content (AvgIpc) is 3.31. The SMILES string of the molecule is FC(F)(F)c1ccc(-n2ccc([C@H]3OCCN3Cc3ccccc3)c2)cc1. The molecule has 1 aliphatic rings. The van der Waals surface area contributed by atoms with Gasteiger partial charge in [0, 0.05) is 36.7 Å². The third-order valence-corrected chi connectivity index (χ3v) is 4.71. The lowest BCUT2D eigenvalue weighted by molar-refractivity contribution is -0.137. The second kappa shape index (κ2) is 7.21. The first-order valence-electron chi connectivity index (χ1n) is 8.76. The highest BCUT2D eigenvalue weighted by Crippen LogP contribution is 2.31. The Hall–Kier alpha value is -2.57. The number of benzene rings is 2. The quantitative estimate of drug-likeness (QED) is 0.639. The molecular weight excluding hydrogens is 353 g/mol. The van der Waals surface area contributed by atoms with Crippen LogP contribution >= 0.6 is 0 Å². The maximum Gasteiger partial charge on any atom is 0.416 e. The van der Waals surface area contributed by atoms with Gasteiger partial charge in [0.25, 0.3) is 0 Å². The highest BCUT2D eigenvalue weighted by Gasteiger charge is 2.30. The normalized spacial score (nSPS) is 18.1. The summed E-state index contributed by atoms with van der Waals surface area (Å²) >= 11 is 0. The van der Waals surface area contributed by atoms with E-state index in [0.717, 1.165) is 30.8 Å². The number of alkyl halides is 3. The molecule has 1 aliphatic heterocycles. The molecule has 0 saturated carbocycles. The number of nitrogens with zero attached hydrogens (tertiary/aromatic N) is 2. The molecule has 4 rings (SSSR count). The summed E-state index contributed by atoms with van der Waals surface area (Å²) in [6, 6.07) is 17.3. The molecule has 27 heavy (non-hydrogen) atoms. The molecule has 2 aromatic carbocycles. The van der Waals surface area contributed by atoms with Gasteiger partial charge >= 0.3 is 6.18 Å². The molecule has 3 aromatic rings. The van der Waals surface area contributed by atoms with Crippen LogP contribution in [0.5, 0.6) is 0 Å². The van der Waals surface area contributed by atoms with Gasteiger partial charge in [0.1, 0.15) is 6.23 Å². The van der Waals surface area contributed by atoms with Crippen molar-refractivity contribution in [3.63, 3.8) is 0 Å². The molecule has 1 atom stereocenters. The van der Waals surface area contributed by atoms with E-state index in [0.29, 0.717) is 12.3 Å². The van der Waals surface area contributed by atoms with Crippen LogP contribution in [0.15, 0.2) is 73.1 Å².